The lowest BCUT2D eigenvalue weighted by Gasteiger charge is -2.16. The number of amides is 2. The van der Waals surface area contributed by atoms with E-state index in [0.29, 0.717) is 45.5 Å². The van der Waals surface area contributed by atoms with E-state index in [9.17, 15) is 22.8 Å². The zero-order valence-corrected chi connectivity index (χ0v) is 17.9. The lowest BCUT2D eigenvalue weighted by atomic mass is 10.1. The molecule has 1 saturated heterocycles. The molecular formula is C20H15ClF3NO5S. The van der Waals surface area contributed by atoms with Crippen molar-refractivity contribution in [2.75, 3.05) is 26.2 Å². The predicted molar refractivity (Wildman–Crippen MR) is 111 cm³/mol. The van der Waals surface area contributed by atoms with Crippen molar-refractivity contribution in [2.24, 2.45) is 0 Å². The average Bonchev–Trinajstić information content (AvgIpc) is 2.99. The van der Waals surface area contributed by atoms with E-state index in [1.165, 1.54) is 33.5 Å². The smallest absolute Gasteiger partial charge is 0.417 e. The van der Waals surface area contributed by atoms with Crippen LogP contribution in [0.15, 0.2) is 35.2 Å². The first-order valence-corrected chi connectivity index (χ1v) is 9.74. The summed E-state index contributed by atoms with van der Waals surface area (Å²) in [6, 6.07) is 5.97. The van der Waals surface area contributed by atoms with Crippen molar-refractivity contribution in [1.82, 2.24) is 0 Å². The van der Waals surface area contributed by atoms with Crippen molar-refractivity contribution in [3.8, 4) is 17.2 Å². The molecule has 164 valence electrons. The molecule has 3 rings (SSSR count). The Balaban J connectivity index is 2.00. The third-order valence-electron chi connectivity index (χ3n) is 4.29. The number of imide groups is 1. The van der Waals surface area contributed by atoms with Gasteiger partial charge in [-0.3, -0.25) is 9.59 Å². The Morgan fingerprint density at radius 3 is 2.13 bits per heavy atom. The summed E-state index contributed by atoms with van der Waals surface area (Å²) < 4.78 is 55.2. The zero-order valence-electron chi connectivity index (χ0n) is 16.4. The van der Waals surface area contributed by atoms with Gasteiger partial charge in [-0.15, -0.1) is 0 Å². The highest BCUT2D eigenvalue weighted by Gasteiger charge is 2.39. The van der Waals surface area contributed by atoms with Gasteiger partial charge in [-0.05, 0) is 53.7 Å². The first kappa shape index (κ1) is 22.8. The van der Waals surface area contributed by atoms with Crippen LogP contribution in [0.1, 0.15) is 11.1 Å². The van der Waals surface area contributed by atoms with Crippen LogP contribution < -0.4 is 19.1 Å². The van der Waals surface area contributed by atoms with Crippen molar-refractivity contribution in [2.45, 2.75) is 6.18 Å². The first-order valence-electron chi connectivity index (χ1n) is 8.55. The van der Waals surface area contributed by atoms with Gasteiger partial charge in [0.15, 0.2) is 11.5 Å². The molecule has 1 fully saturated rings. The first-order chi connectivity index (χ1) is 14.6. The van der Waals surface area contributed by atoms with E-state index in [4.69, 9.17) is 25.8 Å². The number of hydrogen-bond donors (Lipinski definition) is 0. The van der Waals surface area contributed by atoms with E-state index in [1.807, 2.05) is 0 Å². The van der Waals surface area contributed by atoms with Gasteiger partial charge in [-0.25, -0.2) is 4.90 Å². The van der Waals surface area contributed by atoms with Crippen LogP contribution >= 0.6 is 23.4 Å². The van der Waals surface area contributed by atoms with E-state index in [0.717, 1.165) is 6.07 Å². The van der Waals surface area contributed by atoms with Gasteiger partial charge >= 0.3 is 6.18 Å². The van der Waals surface area contributed by atoms with Gasteiger partial charge in [0.2, 0.25) is 5.75 Å². The van der Waals surface area contributed by atoms with Crippen LogP contribution in [-0.4, -0.2) is 32.5 Å². The molecule has 1 aliphatic heterocycles. The second-order valence-electron chi connectivity index (χ2n) is 6.14. The number of halogens is 4. The summed E-state index contributed by atoms with van der Waals surface area (Å²) in [7, 11) is 4.29. The molecule has 1 heterocycles. The summed E-state index contributed by atoms with van der Waals surface area (Å²) in [5.41, 5.74) is -0.904. The second-order valence-corrected chi connectivity index (χ2v) is 7.54. The predicted octanol–water partition coefficient (Wildman–Crippen LogP) is 5.63. The standard InChI is InChI=1S/C20H15ClF3NO5S/c1-28-14-6-10(7-15(29-2)17(14)30-3)8-16-18(26)25(19(27)31-16)11-4-5-13(21)12(9-11)20(22,23)24/h4-9H,1-3H3/b16-8-. The van der Waals surface area contributed by atoms with Gasteiger partial charge < -0.3 is 14.2 Å². The normalized spacial score (nSPS) is 15.6. The molecule has 0 saturated carbocycles. The number of anilines is 1. The molecule has 2 aromatic carbocycles. The van der Waals surface area contributed by atoms with Crippen LogP contribution in [0.3, 0.4) is 0 Å². The Morgan fingerprint density at radius 1 is 1.00 bits per heavy atom. The number of methoxy groups -OCH3 is 3. The summed E-state index contributed by atoms with van der Waals surface area (Å²) in [5.74, 6) is 0.245. The third kappa shape index (κ3) is 4.45. The van der Waals surface area contributed by atoms with Gasteiger partial charge in [-0.2, -0.15) is 13.2 Å². The van der Waals surface area contributed by atoms with Crippen molar-refractivity contribution in [1.29, 1.82) is 0 Å². The topological polar surface area (TPSA) is 65.1 Å². The zero-order chi connectivity index (χ0) is 22.9. The molecule has 2 aromatic rings. The Hall–Kier alpha value is -2.85. The highest BCUT2D eigenvalue weighted by molar-refractivity contribution is 8.19. The minimum absolute atomic E-state index is 0.0165. The van der Waals surface area contributed by atoms with Gasteiger partial charge in [0.1, 0.15) is 0 Å². The van der Waals surface area contributed by atoms with Crippen LogP contribution in [0.2, 0.25) is 5.02 Å². The minimum atomic E-state index is -4.74. The molecule has 0 radical (unpaired) electrons. The number of rotatable bonds is 5. The van der Waals surface area contributed by atoms with E-state index in [2.05, 4.69) is 0 Å². The van der Waals surface area contributed by atoms with Gasteiger partial charge in [0.05, 0.1) is 42.5 Å². The van der Waals surface area contributed by atoms with Crippen molar-refractivity contribution in [3.63, 3.8) is 0 Å². The average molecular weight is 474 g/mol. The van der Waals surface area contributed by atoms with Gasteiger partial charge in [0, 0.05) is 0 Å². The molecule has 0 bridgehead atoms. The van der Waals surface area contributed by atoms with E-state index < -0.39 is 27.9 Å². The summed E-state index contributed by atoms with van der Waals surface area (Å²) in [6.45, 7) is 0. The Morgan fingerprint density at radius 2 is 1.61 bits per heavy atom. The molecule has 6 nitrogen and oxygen atoms in total. The minimum Gasteiger partial charge on any atom is -0.493 e. The van der Waals surface area contributed by atoms with E-state index in [-0.39, 0.29) is 10.6 Å². The monoisotopic (exact) mass is 473 g/mol. The molecule has 0 atom stereocenters. The van der Waals surface area contributed by atoms with Crippen LogP contribution in [0, 0.1) is 0 Å². The number of nitrogens with zero attached hydrogens (tertiary/aromatic N) is 1. The number of hydrogen-bond acceptors (Lipinski definition) is 6. The Kier molecular flexibility index (Phi) is 6.42. The van der Waals surface area contributed by atoms with Crippen molar-refractivity contribution < 1.29 is 37.0 Å². The Bertz CT molecular complexity index is 1060. The number of carbonyl (C=O) groups excluding carboxylic acids is 2. The SMILES string of the molecule is COc1cc(/C=C2\SC(=O)N(c3ccc(Cl)c(C(F)(F)F)c3)C2=O)cc(OC)c1OC. The number of carbonyl (C=O) groups is 2. The summed E-state index contributed by atoms with van der Waals surface area (Å²) in [6.07, 6.45) is -3.32. The van der Waals surface area contributed by atoms with E-state index in [1.54, 1.807) is 12.1 Å². The number of benzene rings is 2. The van der Waals surface area contributed by atoms with Gasteiger partial charge in [0.25, 0.3) is 11.1 Å². The highest BCUT2D eigenvalue weighted by Crippen LogP contribution is 2.42. The lowest BCUT2D eigenvalue weighted by Crippen LogP contribution is -2.28. The summed E-state index contributed by atoms with van der Waals surface area (Å²) in [5, 5.41) is -1.27. The third-order valence-corrected chi connectivity index (χ3v) is 5.49. The molecule has 11 heteroatoms. The molecule has 31 heavy (non-hydrogen) atoms. The lowest BCUT2D eigenvalue weighted by molar-refractivity contribution is -0.137. The van der Waals surface area contributed by atoms with Crippen molar-refractivity contribution >= 4 is 46.3 Å². The molecule has 1 aliphatic rings. The van der Waals surface area contributed by atoms with Crippen LogP contribution in [0.4, 0.5) is 23.7 Å². The maximum Gasteiger partial charge on any atom is 0.417 e. The summed E-state index contributed by atoms with van der Waals surface area (Å²) in [4.78, 5) is 25.9. The molecule has 2 amide bonds. The highest BCUT2D eigenvalue weighted by atomic mass is 35.5. The van der Waals surface area contributed by atoms with E-state index >= 15 is 0 Å². The maximum atomic E-state index is 13.2. The molecule has 0 spiro atoms. The molecule has 0 aliphatic carbocycles. The van der Waals surface area contributed by atoms with Crippen LogP contribution in [0.5, 0.6) is 17.2 Å². The second kappa shape index (κ2) is 8.72. The molecular weight excluding hydrogens is 459 g/mol. The fourth-order valence-electron chi connectivity index (χ4n) is 2.90. The summed E-state index contributed by atoms with van der Waals surface area (Å²) >= 11 is 6.22. The quantitative estimate of drug-likeness (QED) is 0.525. The van der Waals surface area contributed by atoms with Gasteiger partial charge in [-0.1, -0.05) is 11.6 Å². The fourth-order valence-corrected chi connectivity index (χ4v) is 3.96. The molecule has 0 unspecified atom stereocenters. The van der Waals surface area contributed by atoms with Crippen LogP contribution in [-0.2, 0) is 11.0 Å². The fraction of sp³-hybridized carbons (Fsp3) is 0.200. The molecule has 0 N–H and O–H groups in total. The van der Waals surface area contributed by atoms with Crippen molar-refractivity contribution in [3.05, 3.63) is 51.4 Å². The number of thioether (sulfide) groups is 1. The Labute approximate surface area is 184 Å². The maximum absolute atomic E-state index is 13.2. The number of ether oxygens (including phenoxy) is 3. The molecule has 0 aromatic heterocycles. The van der Waals surface area contributed by atoms with Crippen LogP contribution in [0.25, 0.3) is 6.08 Å². The number of alkyl halides is 3. The largest absolute Gasteiger partial charge is 0.493 e.